The number of carbonyl (C=O) groups is 1. The minimum absolute atomic E-state index is 0.196. The molecule has 0 saturated heterocycles. The zero-order valence-electron chi connectivity index (χ0n) is 17.3. The number of fused-ring (bicyclic) bond motifs is 1. The lowest BCUT2D eigenvalue weighted by Crippen LogP contribution is -2.39. The van der Waals surface area contributed by atoms with Crippen LogP contribution in [-0.2, 0) is 9.53 Å². The lowest BCUT2D eigenvalue weighted by Gasteiger charge is -2.23. The molecule has 2 aromatic heterocycles. The molecular formula is C23H21FN2O3S2. The lowest BCUT2D eigenvalue weighted by atomic mass is 10.0. The normalized spacial score (nSPS) is 16.4. The van der Waals surface area contributed by atoms with Gasteiger partial charge in [0.2, 0.25) is 0 Å². The van der Waals surface area contributed by atoms with Crippen molar-refractivity contribution in [2.75, 3.05) is 6.61 Å². The van der Waals surface area contributed by atoms with E-state index in [-0.39, 0.29) is 17.3 Å². The van der Waals surface area contributed by atoms with E-state index in [1.165, 1.54) is 34.8 Å². The van der Waals surface area contributed by atoms with Gasteiger partial charge in [0.05, 0.1) is 22.4 Å². The van der Waals surface area contributed by atoms with Gasteiger partial charge in [-0.2, -0.15) is 0 Å². The van der Waals surface area contributed by atoms with Crippen LogP contribution in [0.5, 0.6) is 0 Å². The molecular weight excluding hydrogens is 435 g/mol. The summed E-state index contributed by atoms with van der Waals surface area (Å²) in [5.74, 6) is -0.598. The van der Waals surface area contributed by atoms with Crippen LogP contribution in [0.15, 0.2) is 62.8 Å². The Morgan fingerprint density at radius 1 is 1.29 bits per heavy atom. The summed E-state index contributed by atoms with van der Waals surface area (Å²) in [6, 6.07) is 9.14. The lowest BCUT2D eigenvalue weighted by molar-refractivity contribution is -0.140. The Morgan fingerprint density at radius 3 is 2.68 bits per heavy atom. The molecule has 3 aromatic rings. The molecule has 0 amide bonds. The van der Waals surface area contributed by atoms with Gasteiger partial charge in [-0.15, -0.1) is 11.3 Å². The van der Waals surface area contributed by atoms with Crippen molar-refractivity contribution in [1.29, 1.82) is 0 Å². The Bertz CT molecular complexity index is 1320. The second kappa shape index (κ2) is 8.72. The summed E-state index contributed by atoms with van der Waals surface area (Å²) in [6.07, 6.45) is 1.71. The number of rotatable bonds is 5. The van der Waals surface area contributed by atoms with Crippen LogP contribution in [0.25, 0.3) is 6.08 Å². The average molecular weight is 457 g/mol. The number of allylic oxidation sites excluding steroid dienone is 1. The van der Waals surface area contributed by atoms with E-state index >= 15 is 0 Å². The zero-order valence-corrected chi connectivity index (χ0v) is 18.9. The van der Waals surface area contributed by atoms with Crippen molar-refractivity contribution in [3.8, 4) is 0 Å². The number of hydrogen-bond donors (Lipinski definition) is 0. The average Bonchev–Trinajstić information content (AvgIpc) is 3.36. The Balaban J connectivity index is 1.86. The Hall–Kier alpha value is -2.84. The SMILES string of the molecule is CC1=C(C(=O)OCC(C)C)C(c2cccs2)n2c(sc(=Cc3ccc(F)cc3)c2=O)=N1. The zero-order chi connectivity index (χ0) is 22.1. The molecule has 0 radical (unpaired) electrons. The second-order valence-corrected chi connectivity index (χ2v) is 9.63. The Kier molecular flexibility index (Phi) is 6.02. The summed E-state index contributed by atoms with van der Waals surface area (Å²) in [5, 5.41) is 1.91. The van der Waals surface area contributed by atoms with Crippen molar-refractivity contribution in [2.45, 2.75) is 26.8 Å². The van der Waals surface area contributed by atoms with Crippen LogP contribution in [0.3, 0.4) is 0 Å². The first-order valence-electron chi connectivity index (χ1n) is 9.84. The molecule has 160 valence electrons. The fourth-order valence-corrected chi connectivity index (χ4v) is 5.20. The molecule has 1 aliphatic rings. The molecule has 0 bridgehead atoms. The van der Waals surface area contributed by atoms with Gasteiger partial charge in [-0.05, 0) is 48.1 Å². The number of aromatic nitrogens is 1. The van der Waals surface area contributed by atoms with Gasteiger partial charge >= 0.3 is 5.97 Å². The summed E-state index contributed by atoms with van der Waals surface area (Å²) in [6.45, 7) is 6.00. The van der Waals surface area contributed by atoms with Crippen LogP contribution in [0.1, 0.15) is 37.3 Å². The van der Waals surface area contributed by atoms with Crippen molar-refractivity contribution in [3.63, 3.8) is 0 Å². The van der Waals surface area contributed by atoms with E-state index in [0.29, 0.717) is 32.8 Å². The van der Waals surface area contributed by atoms with E-state index < -0.39 is 12.0 Å². The van der Waals surface area contributed by atoms with Gasteiger partial charge in [-0.1, -0.05) is 43.4 Å². The van der Waals surface area contributed by atoms with Crippen molar-refractivity contribution in [1.82, 2.24) is 4.57 Å². The fourth-order valence-electron chi connectivity index (χ4n) is 3.33. The van der Waals surface area contributed by atoms with Gasteiger partial charge in [0.1, 0.15) is 11.9 Å². The first kappa shape index (κ1) is 21.4. The van der Waals surface area contributed by atoms with Crippen LogP contribution in [0, 0.1) is 11.7 Å². The minimum atomic E-state index is -0.591. The van der Waals surface area contributed by atoms with Crippen molar-refractivity contribution >= 4 is 34.7 Å². The number of thiazole rings is 1. The van der Waals surface area contributed by atoms with Gasteiger partial charge < -0.3 is 4.74 Å². The van der Waals surface area contributed by atoms with E-state index in [9.17, 15) is 14.0 Å². The van der Waals surface area contributed by atoms with Gasteiger partial charge in [0.15, 0.2) is 4.80 Å². The van der Waals surface area contributed by atoms with Crippen molar-refractivity contribution in [2.24, 2.45) is 10.9 Å². The quantitative estimate of drug-likeness (QED) is 0.551. The maximum Gasteiger partial charge on any atom is 0.338 e. The van der Waals surface area contributed by atoms with Gasteiger partial charge in [0, 0.05) is 4.88 Å². The molecule has 5 nitrogen and oxygen atoms in total. The highest BCUT2D eigenvalue weighted by molar-refractivity contribution is 7.10. The number of benzene rings is 1. The molecule has 1 atom stereocenters. The van der Waals surface area contributed by atoms with E-state index in [4.69, 9.17) is 4.74 Å². The number of ether oxygens (including phenoxy) is 1. The summed E-state index contributed by atoms with van der Waals surface area (Å²) in [7, 11) is 0. The standard InChI is InChI=1S/C23H21FN2O3S2/c1-13(2)12-29-22(28)19-14(3)25-23-26(20(19)17-5-4-10-30-17)21(27)18(31-23)11-15-6-8-16(24)9-7-15/h4-11,13,20H,12H2,1-3H3. The topological polar surface area (TPSA) is 60.7 Å². The van der Waals surface area contributed by atoms with Crippen LogP contribution in [0.4, 0.5) is 4.39 Å². The minimum Gasteiger partial charge on any atom is -0.462 e. The molecule has 1 unspecified atom stereocenters. The highest BCUT2D eigenvalue weighted by Gasteiger charge is 2.34. The number of halogens is 1. The van der Waals surface area contributed by atoms with E-state index in [0.717, 1.165) is 4.88 Å². The molecule has 0 saturated carbocycles. The monoisotopic (exact) mass is 456 g/mol. The number of thiophene rings is 1. The molecule has 8 heteroatoms. The maximum absolute atomic E-state index is 13.4. The first-order valence-corrected chi connectivity index (χ1v) is 11.5. The molecule has 0 N–H and O–H groups in total. The molecule has 31 heavy (non-hydrogen) atoms. The second-order valence-electron chi connectivity index (χ2n) is 7.64. The summed E-state index contributed by atoms with van der Waals surface area (Å²) < 4.78 is 20.8. The molecule has 0 aliphatic carbocycles. The molecule has 3 heterocycles. The van der Waals surface area contributed by atoms with Gasteiger partial charge in [-0.25, -0.2) is 14.2 Å². The predicted molar refractivity (Wildman–Crippen MR) is 120 cm³/mol. The fraction of sp³-hybridized carbons (Fsp3) is 0.261. The summed E-state index contributed by atoms with van der Waals surface area (Å²) >= 11 is 2.72. The highest BCUT2D eigenvalue weighted by atomic mass is 32.1. The van der Waals surface area contributed by atoms with Gasteiger partial charge in [0.25, 0.3) is 5.56 Å². The summed E-state index contributed by atoms with van der Waals surface area (Å²) in [4.78, 5) is 32.3. The van der Waals surface area contributed by atoms with Crippen molar-refractivity contribution in [3.05, 3.63) is 89.0 Å². The Morgan fingerprint density at radius 2 is 2.03 bits per heavy atom. The third kappa shape index (κ3) is 4.31. The van der Waals surface area contributed by atoms with Crippen LogP contribution < -0.4 is 14.9 Å². The molecule has 4 rings (SSSR count). The largest absolute Gasteiger partial charge is 0.462 e. The van der Waals surface area contributed by atoms with Crippen LogP contribution >= 0.6 is 22.7 Å². The molecule has 1 aromatic carbocycles. The maximum atomic E-state index is 13.4. The first-order chi connectivity index (χ1) is 14.8. The van der Waals surface area contributed by atoms with Crippen LogP contribution in [-0.4, -0.2) is 17.1 Å². The molecule has 1 aliphatic heterocycles. The van der Waals surface area contributed by atoms with Crippen LogP contribution in [0.2, 0.25) is 0 Å². The highest BCUT2D eigenvalue weighted by Crippen LogP contribution is 2.33. The number of hydrogen-bond acceptors (Lipinski definition) is 6. The number of carbonyl (C=O) groups excluding carboxylic acids is 1. The molecule has 0 spiro atoms. The number of nitrogens with zero attached hydrogens (tertiary/aromatic N) is 2. The van der Waals surface area contributed by atoms with Gasteiger partial charge in [-0.3, -0.25) is 9.36 Å². The van der Waals surface area contributed by atoms with E-state index in [1.54, 1.807) is 29.7 Å². The smallest absolute Gasteiger partial charge is 0.338 e. The predicted octanol–water partition coefficient (Wildman–Crippen LogP) is 3.64. The van der Waals surface area contributed by atoms with E-state index in [1.807, 2.05) is 31.4 Å². The van der Waals surface area contributed by atoms with Crippen molar-refractivity contribution < 1.29 is 13.9 Å². The number of esters is 1. The van der Waals surface area contributed by atoms with E-state index in [2.05, 4.69) is 4.99 Å². The summed E-state index contributed by atoms with van der Waals surface area (Å²) in [5.41, 5.74) is 1.39. The third-order valence-electron chi connectivity index (χ3n) is 4.77. The third-order valence-corrected chi connectivity index (χ3v) is 6.68. The Labute approximate surface area is 186 Å². The molecule has 0 fully saturated rings.